The van der Waals surface area contributed by atoms with Crippen LogP contribution in [-0.4, -0.2) is 8.07 Å². The van der Waals surface area contributed by atoms with Crippen molar-refractivity contribution in [1.29, 1.82) is 0 Å². The Morgan fingerprint density at radius 1 is 0.500 bits per heavy atom. The molecule has 5 heteroatoms. The molecule has 0 heterocycles. The van der Waals surface area contributed by atoms with Crippen LogP contribution >= 0.6 is 0 Å². The normalized spacial score (nSPS) is 13.3. The summed E-state index contributed by atoms with van der Waals surface area (Å²) in [5, 5.41) is 4.53. The maximum atomic E-state index is 2.47. The van der Waals surface area contributed by atoms with E-state index in [4.69, 9.17) is 0 Å². The van der Waals surface area contributed by atoms with Crippen molar-refractivity contribution in [2.75, 3.05) is 0 Å². The zero-order chi connectivity index (χ0) is 26.1. The molecule has 0 radical (unpaired) electrons. The second-order valence-corrected chi connectivity index (χ2v) is 16.9. The molecule has 0 unspecified atom stereocenters. The van der Waals surface area contributed by atoms with E-state index in [0.29, 0.717) is 0 Å². The van der Waals surface area contributed by atoms with Gasteiger partial charge in [0.1, 0.15) is 0 Å². The van der Waals surface area contributed by atoms with Gasteiger partial charge in [-0.1, -0.05) is 0 Å². The van der Waals surface area contributed by atoms with Crippen molar-refractivity contribution in [3.63, 3.8) is 0 Å². The molecule has 0 N–H and O–H groups in total. The van der Waals surface area contributed by atoms with E-state index in [0.717, 1.165) is 0 Å². The third-order valence-corrected chi connectivity index (χ3v) is 15.5. The summed E-state index contributed by atoms with van der Waals surface area (Å²) in [6.45, 7) is 6.83. The number of hydrogen-bond donors (Lipinski definition) is 0. The van der Waals surface area contributed by atoms with Crippen LogP contribution in [0.1, 0.15) is 76.0 Å². The third kappa shape index (κ3) is 8.06. The zero-order valence-electron chi connectivity index (χ0n) is 24.2. The number of unbranched alkanes of at least 4 members (excludes halogenated alkanes) is 3. The molecule has 1 aliphatic rings. The number of aryl methyl sites for hydroxylation is 3. The van der Waals surface area contributed by atoms with Gasteiger partial charge in [-0.2, -0.15) is 0 Å². The van der Waals surface area contributed by atoms with Gasteiger partial charge in [-0.15, -0.1) is 0 Å². The Labute approximate surface area is 275 Å². The summed E-state index contributed by atoms with van der Waals surface area (Å²) in [4.78, 5) is 0. The fourth-order valence-electron chi connectivity index (χ4n) is 5.84. The first-order valence-corrected chi connectivity index (χ1v) is 17.3. The van der Waals surface area contributed by atoms with Gasteiger partial charge in [-0.05, 0) is 0 Å². The van der Waals surface area contributed by atoms with Crippen LogP contribution in [-0.2, 0) is 39.7 Å². The Morgan fingerprint density at radius 3 is 1.02 bits per heavy atom. The van der Waals surface area contributed by atoms with Crippen molar-refractivity contribution in [2.45, 2.75) is 81.9 Å². The van der Waals surface area contributed by atoms with Crippen molar-refractivity contribution in [2.24, 2.45) is 0 Å². The Hall–Kier alpha value is -1.06. The van der Waals surface area contributed by atoms with Gasteiger partial charge in [-0.3, -0.25) is 0 Å². The van der Waals surface area contributed by atoms with Crippen molar-refractivity contribution in [3.8, 4) is 0 Å². The number of hydrogen-bond acceptors (Lipinski definition) is 0. The predicted octanol–water partition coefficient (Wildman–Crippen LogP) is -1.43. The van der Waals surface area contributed by atoms with Gasteiger partial charge in [0.15, 0.2) is 0 Å². The standard InChI is InChI=1S/C35H43Si.3ClH.Ti/c1-4-7-12-29-17-23-33(24-18-29)36(32-15-10-11-16-32,34-25-19-30(20-26-34)13-8-5-2)35-27-21-31(22-28-35)14-9-6-3;;;;/h10-11,15-28H,4-9,12-14H2,1-3H3;3*1H;/q;;;;+3/p-3. The van der Waals surface area contributed by atoms with E-state index in [-0.39, 0.29) is 40.6 Å². The van der Waals surface area contributed by atoms with Crippen LogP contribution in [0.5, 0.6) is 0 Å². The van der Waals surface area contributed by atoms with Crippen LogP contribution in [0.15, 0.2) is 97.1 Å². The minimum atomic E-state index is -2.45. The van der Waals surface area contributed by atoms with Gasteiger partial charge in [0.2, 0.25) is 0 Å². The molecular formula is C35H43Cl3SiTi. The molecule has 0 amide bonds. The molecule has 1 aliphatic carbocycles. The summed E-state index contributed by atoms with van der Waals surface area (Å²) < 4.78 is -0.0339. The van der Waals surface area contributed by atoms with Crippen LogP contribution in [0.2, 0.25) is 3.34 Å². The molecule has 0 bridgehead atoms. The van der Waals surface area contributed by atoms with Crippen LogP contribution in [0, 0.1) is 0 Å². The molecule has 0 fully saturated rings. The molecule has 40 heavy (non-hydrogen) atoms. The molecule has 0 spiro atoms. The maximum absolute atomic E-state index is 2.47. The molecule has 0 saturated carbocycles. The summed E-state index contributed by atoms with van der Waals surface area (Å²) in [6, 6.07) is 29.3. The maximum Gasteiger partial charge on any atom is -1.00 e. The van der Waals surface area contributed by atoms with Crippen molar-refractivity contribution < 1.29 is 57.7 Å². The number of halogens is 3. The van der Waals surface area contributed by atoms with E-state index in [2.05, 4.69) is 138 Å². The topological polar surface area (TPSA) is 0 Å². The van der Waals surface area contributed by atoms with Crippen molar-refractivity contribution in [1.82, 2.24) is 0 Å². The fourth-order valence-corrected chi connectivity index (χ4v) is 13.3. The third-order valence-electron chi connectivity index (χ3n) is 8.07. The van der Waals surface area contributed by atoms with Gasteiger partial charge in [0, 0.05) is 0 Å². The van der Waals surface area contributed by atoms with Crippen LogP contribution < -0.4 is 52.8 Å². The first-order valence-electron chi connectivity index (χ1n) is 14.5. The monoisotopic (exact) mass is 644 g/mol. The molecule has 3 aromatic rings. The molecule has 4 rings (SSSR count). The molecule has 0 aliphatic heterocycles. The summed E-state index contributed by atoms with van der Waals surface area (Å²) >= 11 is 2.47. The number of rotatable bonds is 13. The minimum Gasteiger partial charge on any atom is -1.00 e. The van der Waals surface area contributed by atoms with Crippen molar-refractivity contribution in [3.05, 3.63) is 114 Å². The second kappa shape index (κ2) is 17.8. The minimum absolute atomic E-state index is 0. The van der Waals surface area contributed by atoms with Gasteiger partial charge < -0.3 is 37.2 Å². The van der Waals surface area contributed by atoms with Crippen LogP contribution in [0.4, 0.5) is 0 Å². The van der Waals surface area contributed by atoms with Crippen molar-refractivity contribution >= 4 is 23.6 Å². The van der Waals surface area contributed by atoms with E-state index in [9.17, 15) is 0 Å². The second-order valence-electron chi connectivity index (χ2n) is 10.7. The van der Waals surface area contributed by atoms with E-state index in [1.165, 1.54) is 90.0 Å². The zero-order valence-corrected chi connectivity index (χ0v) is 29.1. The van der Waals surface area contributed by atoms with Gasteiger partial charge >= 0.3 is 240 Å². The van der Waals surface area contributed by atoms with Gasteiger partial charge in [-0.25, -0.2) is 0 Å². The van der Waals surface area contributed by atoms with Crippen LogP contribution in [0.25, 0.3) is 0 Å². The van der Waals surface area contributed by atoms with E-state index in [1.54, 1.807) is 0 Å². The smallest absolute Gasteiger partial charge is 1.00 e. The van der Waals surface area contributed by atoms with E-state index < -0.39 is 8.07 Å². The number of benzene rings is 3. The summed E-state index contributed by atoms with van der Waals surface area (Å²) in [5.41, 5.74) is 4.38. The number of allylic oxidation sites excluding steroid dienone is 4. The Morgan fingerprint density at radius 2 is 0.775 bits per heavy atom. The molecular weight excluding hydrogens is 603 g/mol. The predicted molar refractivity (Wildman–Crippen MR) is 161 cm³/mol. The fraction of sp³-hybridized carbons (Fsp3) is 0.371. The van der Waals surface area contributed by atoms with Gasteiger partial charge in [0.25, 0.3) is 0 Å². The summed E-state index contributed by atoms with van der Waals surface area (Å²) in [6.07, 6.45) is 20.5. The molecule has 0 saturated heterocycles. The van der Waals surface area contributed by atoms with Gasteiger partial charge in [0.05, 0.1) is 0 Å². The quantitative estimate of drug-likeness (QED) is 0.158. The molecule has 3 aromatic carbocycles. The molecule has 212 valence electrons. The van der Waals surface area contributed by atoms with E-state index in [1.807, 2.05) is 0 Å². The first kappa shape index (κ1) is 37.0. The average molecular weight is 646 g/mol. The average Bonchev–Trinajstić information content (AvgIpc) is 3.39. The van der Waals surface area contributed by atoms with E-state index >= 15 is 0 Å². The molecule has 0 aromatic heterocycles. The first-order chi connectivity index (χ1) is 18.1. The Kier molecular flexibility index (Phi) is 16.4. The Balaban J connectivity index is 0.00000267. The summed E-state index contributed by atoms with van der Waals surface area (Å²) in [7, 11) is -2.45. The largest absolute Gasteiger partial charge is 1.00 e. The molecule has 0 nitrogen and oxygen atoms in total. The SMILES string of the molecule is CCCCc1ccc([Si](c2ccc(CCCC)cc2)(c2ccc(CCCC)cc2)[C]2([Ti+3])C=CC=C2)cc1.[Cl-].[Cl-].[Cl-]. The van der Waals surface area contributed by atoms with Crippen LogP contribution in [0.3, 0.4) is 0 Å². The Bertz CT molecular complexity index is 1050. The summed E-state index contributed by atoms with van der Waals surface area (Å²) in [5.74, 6) is 0. The molecule has 0 atom stereocenters.